The van der Waals surface area contributed by atoms with E-state index in [1.807, 2.05) is 13.8 Å². The maximum absolute atomic E-state index is 11.9. The summed E-state index contributed by atoms with van der Waals surface area (Å²) < 4.78 is 0. The Balaban J connectivity index is 2.35. The van der Waals surface area contributed by atoms with Crippen molar-refractivity contribution in [3.8, 4) is 0 Å². The number of rotatable bonds is 6. The van der Waals surface area contributed by atoms with Crippen molar-refractivity contribution in [1.29, 1.82) is 0 Å². The fourth-order valence-corrected chi connectivity index (χ4v) is 2.81. The molecular weight excluding hydrogens is 256 g/mol. The highest BCUT2D eigenvalue weighted by molar-refractivity contribution is 5.76. The van der Waals surface area contributed by atoms with E-state index in [0.29, 0.717) is 18.3 Å². The third-order valence-corrected chi connectivity index (χ3v) is 4.04. The topological polar surface area (TPSA) is 78.4 Å². The number of carboxylic acid groups (broad SMARTS) is 1. The molecule has 3 unspecified atom stereocenters. The number of carbonyl (C=O) groups excluding carboxylic acids is 1. The molecule has 0 radical (unpaired) electrons. The maximum Gasteiger partial charge on any atom is 0.315 e. The van der Waals surface area contributed by atoms with Crippen LogP contribution < -0.4 is 10.6 Å². The van der Waals surface area contributed by atoms with Gasteiger partial charge in [-0.15, -0.1) is 0 Å². The van der Waals surface area contributed by atoms with Gasteiger partial charge in [0.1, 0.15) is 0 Å². The fourth-order valence-electron chi connectivity index (χ4n) is 2.81. The third kappa shape index (κ3) is 5.80. The molecular formula is C15H28N2O3. The van der Waals surface area contributed by atoms with E-state index >= 15 is 0 Å². The lowest BCUT2D eigenvalue weighted by Gasteiger charge is -2.29. The van der Waals surface area contributed by atoms with E-state index in [9.17, 15) is 9.59 Å². The minimum Gasteiger partial charge on any atom is -0.481 e. The standard InChI is InChI=1S/C15H28N2O3/c1-10(2)8-12(14(18)19)9-16-15(20)17-13-7-5-4-6-11(13)3/h10-13H,4-9H2,1-3H3,(H,18,19)(H2,16,17,20). The van der Waals surface area contributed by atoms with Gasteiger partial charge < -0.3 is 15.7 Å². The summed E-state index contributed by atoms with van der Waals surface area (Å²) in [6.45, 7) is 6.32. The highest BCUT2D eigenvalue weighted by atomic mass is 16.4. The normalized spacial score (nSPS) is 24.2. The second-order valence-corrected chi connectivity index (χ2v) is 6.39. The monoisotopic (exact) mass is 284 g/mol. The summed E-state index contributed by atoms with van der Waals surface area (Å²) in [4.78, 5) is 23.0. The molecule has 0 aromatic heterocycles. The Morgan fingerprint density at radius 2 is 1.90 bits per heavy atom. The molecule has 0 bridgehead atoms. The average Bonchev–Trinajstić information content (AvgIpc) is 2.36. The fraction of sp³-hybridized carbons (Fsp3) is 0.867. The molecule has 3 atom stereocenters. The smallest absolute Gasteiger partial charge is 0.315 e. The van der Waals surface area contributed by atoms with Crippen molar-refractivity contribution in [2.24, 2.45) is 17.8 Å². The Labute approximate surface area is 121 Å². The van der Waals surface area contributed by atoms with Crippen molar-refractivity contribution >= 4 is 12.0 Å². The molecule has 1 rings (SSSR count). The molecule has 0 aromatic carbocycles. The molecule has 2 amide bonds. The number of hydrogen-bond donors (Lipinski definition) is 3. The number of carboxylic acids is 1. The van der Waals surface area contributed by atoms with Gasteiger partial charge in [-0.1, -0.05) is 33.6 Å². The van der Waals surface area contributed by atoms with Crippen molar-refractivity contribution in [2.45, 2.75) is 58.9 Å². The molecule has 5 heteroatoms. The predicted molar refractivity (Wildman–Crippen MR) is 78.5 cm³/mol. The van der Waals surface area contributed by atoms with Crippen LogP contribution in [-0.4, -0.2) is 29.7 Å². The van der Waals surface area contributed by atoms with Gasteiger partial charge in [0.2, 0.25) is 0 Å². The first-order chi connectivity index (χ1) is 9.40. The second kappa shape index (κ2) is 8.12. The van der Waals surface area contributed by atoms with Crippen LogP contribution in [0.25, 0.3) is 0 Å². The third-order valence-electron chi connectivity index (χ3n) is 4.04. The Kier molecular flexibility index (Phi) is 6.82. The zero-order valence-corrected chi connectivity index (χ0v) is 12.8. The van der Waals surface area contributed by atoms with E-state index in [0.717, 1.165) is 19.3 Å². The molecule has 5 nitrogen and oxygen atoms in total. The van der Waals surface area contributed by atoms with E-state index < -0.39 is 11.9 Å². The average molecular weight is 284 g/mol. The van der Waals surface area contributed by atoms with Crippen LogP contribution in [0.2, 0.25) is 0 Å². The van der Waals surface area contributed by atoms with Gasteiger partial charge in [0.15, 0.2) is 0 Å². The van der Waals surface area contributed by atoms with Crippen molar-refractivity contribution in [3.05, 3.63) is 0 Å². The van der Waals surface area contributed by atoms with Crippen LogP contribution in [0.5, 0.6) is 0 Å². The Morgan fingerprint density at radius 1 is 1.25 bits per heavy atom. The number of amides is 2. The highest BCUT2D eigenvalue weighted by Crippen LogP contribution is 2.23. The molecule has 116 valence electrons. The van der Waals surface area contributed by atoms with Gasteiger partial charge in [-0.25, -0.2) is 4.79 Å². The summed E-state index contributed by atoms with van der Waals surface area (Å²) in [5.74, 6) is -0.547. The molecule has 1 aliphatic rings. The molecule has 1 saturated carbocycles. The Bertz CT molecular complexity index is 331. The first kappa shape index (κ1) is 16.8. The molecule has 1 fully saturated rings. The summed E-state index contributed by atoms with van der Waals surface area (Å²) in [5.41, 5.74) is 0. The van der Waals surface area contributed by atoms with Gasteiger partial charge >= 0.3 is 12.0 Å². The minimum atomic E-state index is -0.843. The molecule has 0 aliphatic heterocycles. The van der Waals surface area contributed by atoms with Gasteiger partial charge in [-0.3, -0.25) is 4.79 Å². The molecule has 1 aliphatic carbocycles. The zero-order chi connectivity index (χ0) is 15.1. The minimum absolute atomic E-state index is 0.195. The van der Waals surface area contributed by atoms with Gasteiger partial charge in [0, 0.05) is 12.6 Å². The quantitative estimate of drug-likeness (QED) is 0.701. The lowest BCUT2D eigenvalue weighted by Crippen LogP contribution is -2.47. The van der Waals surface area contributed by atoms with E-state index in [-0.39, 0.29) is 18.6 Å². The summed E-state index contributed by atoms with van der Waals surface area (Å²) in [7, 11) is 0. The number of hydrogen-bond acceptors (Lipinski definition) is 2. The lowest BCUT2D eigenvalue weighted by molar-refractivity contribution is -0.142. The van der Waals surface area contributed by atoms with Gasteiger partial charge in [0.05, 0.1) is 5.92 Å². The van der Waals surface area contributed by atoms with E-state index in [1.54, 1.807) is 0 Å². The Morgan fingerprint density at radius 3 is 2.45 bits per heavy atom. The molecule has 20 heavy (non-hydrogen) atoms. The van der Waals surface area contributed by atoms with Crippen molar-refractivity contribution in [2.75, 3.05) is 6.54 Å². The van der Waals surface area contributed by atoms with Crippen LogP contribution in [0, 0.1) is 17.8 Å². The molecule has 3 N–H and O–H groups in total. The SMILES string of the molecule is CC(C)CC(CNC(=O)NC1CCCCC1C)C(=O)O. The van der Waals surface area contributed by atoms with Crippen molar-refractivity contribution < 1.29 is 14.7 Å². The zero-order valence-electron chi connectivity index (χ0n) is 12.8. The summed E-state index contributed by atoms with van der Waals surface area (Å²) >= 11 is 0. The molecule has 0 spiro atoms. The van der Waals surface area contributed by atoms with E-state index in [1.165, 1.54) is 6.42 Å². The van der Waals surface area contributed by atoms with Crippen LogP contribution in [-0.2, 0) is 4.79 Å². The van der Waals surface area contributed by atoms with E-state index in [2.05, 4.69) is 17.6 Å². The molecule has 0 aromatic rings. The van der Waals surface area contributed by atoms with Crippen molar-refractivity contribution in [1.82, 2.24) is 10.6 Å². The van der Waals surface area contributed by atoms with Crippen LogP contribution >= 0.6 is 0 Å². The number of nitrogens with one attached hydrogen (secondary N) is 2. The number of aliphatic carboxylic acids is 1. The first-order valence-electron chi connectivity index (χ1n) is 7.67. The van der Waals surface area contributed by atoms with Crippen LogP contribution in [0.15, 0.2) is 0 Å². The van der Waals surface area contributed by atoms with Crippen molar-refractivity contribution in [3.63, 3.8) is 0 Å². The molecule has 0 saturated heterocycles. The highest BCUT2D eigenvalue weighted by Gasteiger charge is 2.24. The Hall–Kier alpha value is -1.26. The van der Waals surface area contributed by atoms with E-state index in [4.69, 9.17) is 5.11 Å². The molecule has 0 heterocycles. The largest absolute Gasteiger partial charge is 0.481 e. The summed E-state index contributed by atoms with van der Waals surface area (Å²) in [6, 6.07) is -0.0177. The predicted octanol–water partition coefficient (Wildman–Crippen LogP) is 2.61. The van der Waals surface area contributed by atoms with Gasteiger partial charge in [0.25, 0.3) is 0 Å². The van der Waals surface area contributed by atoms with Gasteiger partial charge in [-0.05, 0) is 31.1 Å². The van der Waals surface area contributed by atoms with Crippen LogP contribution in [0.4, 0.5) is 4.79 Å². The maximum atomic E-state index is 11.9. The second-order valence-electron chi connectivity index (χ2n) is 6.39. The number of carbonyl (C=O) groups is 2. The summed E-state index contributed by atoms with van der Waals surface area (Å²) in [6.07, 6.45) is 5.13. The first-order valence-corrected chi connectivity index (χ1v) is 7.67. The van der Waals surface area contributed by atoms with Crippen LogP contribution in [0.3, 0.4) is 0 Å². The van der Waals surface area contributed by atoms with Gasteiger partial charge in [-0.2, -0.15) is 0 Å². The lowest BCUT2D eigenvalue weighted by atomic mass is 9.86. The summed E-state index contributed by atoms with van der Waals surface area (Å²) in [5, 5.41) is 14.8. The number of urea groups is 1. The van der Waals surface area contributed by atoms with Crippen LogP contribution in [0.1, 0.15) is 52.9 Å².